The molecule has 166 valence electrons. The zero-order valence-electron chi connectivity index (χ0n) is 17.1. The Balaban J connectivity index is 2.14. The summed E-state index contributed by atoms with van der Waals surface area (Å²) in [5.41, 5.74) is 11.5. The van der Waals surface area contributed by atoms with E-state index >= 15 is 0 Å². The molecule has 0 amide bonds. The van der Waals surface area contributed by atoms with Crippen molar-refractivity contribution in [1.82, 2.24) is 10.3 Å². The Labute approximate surface area is 179 Å². The quantitative estimate of drug-likeness (QED) is 0.292. The fraction of sp³-hybridized carbons (Fsp3) is 0.550. The average molecular weight is 443 g/mol. The zero-order chi connectivity index (χ0) is 22.2. The van der Waals surface area contributed by atoms with Gasteiger partial charge in [-0.05, 0) is 63.5 Å². The SMILES string of the molecule is C=N/C=C(/Sc1cccnc1C(F)(F)F)C(N)=NCCC1(CCNC)CCCC1N. The van der Waals surface area contributed by atoms with Gasteiger partial charge >= 0.3 is 6.18 Å². The van der Waals surface area contributed by atoms with Crippen LogP contribution in [0.3, 0.4) is 0 Å². The number of hydrogen-bond donors (Lipinski definition) is 3. The number of halogens is 3. The van der Waals surface area contributed by atoms with Gasteiger partial charge in [-0.2, -0.15) is 13.2 Å². The molecule has 1 saturated carbocycles. The van der Waals surface area contributed by atoms with Crippen molar-refractivity contribution < 1.29 is 13.2 Å². The predicted octanol–water partition coefficient (Wildman–Crippen LogP) is 3.59. The van der Waals surface area contributed by atoms with Crippen LogP contribution in [-0.2, 0) is 6.18 Å². The lowest BCUT2D eigenvalue weighted by atomic mass is 9.76. The van der Waals surface area contributed by atoms with Gasteiger partial charge in [-0.1, -0.05) is 18.2 Å². The number of nitrogens with two attached hydrogens (primary N) is 2. The van der Waals surface area contributed by atoms with Crippen LogP contribution in [0.5, 0.6) is 0 Å². The van der Waals surface area contributed by atoms with E-state index in [4.69, 9.17) is 11.5 Å². The first kappa shape index (κ1) is 24.4. The lowest BCUT2D eigenvalue weighted by Crippen LogP contribution is -2.39. The van der Waals surface area contributed by atoms with Gasteiger partial charge in [-0.15, -0.1) is 0 Å². The number of nitrogens with zero attached hydrogens (tertiary/aromatic N) is 3. The smallest absolute Gasteiger partial charge is 0.383 e. The summed E-state index contributed by atoms with van der Waals surface area (Å²) in [4.78, 5) is 11.8. The largest absolute Gasteiger partial charge is 0.434 e. The molecule has 1 aliphatic carbocycles. The van der Waals surface area contributed by atoms with Crippen molar-refractivity contribution in [3.8, 4) is 0 Å². The van der Waals surface area contributed by atoms with Crippen molar-refractivity contribution in [2.75, 3.05) is 20.1 Å². The van der Waals surface area contributed by atoms with Gasteiger partial charge in [-0.3, -0.25) is 15.0 Å². The molecule has 2 atom stereocenters. The van der Waals surface area contributed by atoms with Crippen LogP contribution in [0.2, 0.25) is 0 Å². The molecule has 6 nitrogen and oxygen atoms in total. The molecule has 0 spiro atoms. The second-order valence-corrected chi connectivity index (χ2v) is 8.44. The normalized spacial score (nSPS) is 23.0. The first-order valence-corrected chi connectivity index (χ1v) is 10.6. The molecule has 2 unspecified atom stereocenters. The first-order chi connectivity index (χ1) is 14.2. The zero-order valence-corrected chi connectivity index (χ0v) is 17.9. The average Bonchev–Trinajstić information content (AvgIpc) is 3.06. The molecule has 0 radical (unpaired) electrons. The Morgan fingerprint density at radius 3 is 2.83 bits per heavy atom. The van der Waals surface area contributed by atoms with Crippen LogP contribution in [0.1, 0.15) is 37.8 Å². The molecule has 5 N–H and O–H groups in total. The summed E-state index contributed by atoms with van der Waals surface area (Å²) in [6.45, 7) is 4.69. The Hall–Kier alpha value is -1.91. The van der Waals surface area contributed by atoms with E-state index in [9.17, 15) is 13.2 Å². The maximum Gasteiger partial charge on any atom is 0.434 e. The maximum atomic E-state index is 13.2. The summed E-state index contributed by atoms with van der Waals surface area (Å²) in [6.07, 6.45) is 2.71. The van der Waals surface area contributed by atoms with Crippen LogP contribution in [0.4, 0.5) is 13.2 Å². The number of aromatic nitrogens is 1. The molecule has 1 aromatic heterocycles. The van der Waals surface area contributed by atoms with Gasteiger partial charge in [0.1, 0.15) is 5.84 Å². The van der Waals surface area contributed by atoms with E-state index in [1.807, 2.05) is 7.05 Å². The molecule has 0 saturated heterocycles. The van der Waals surface area contributed by atoms with Crippen LogP contribution in [0.15, 0.2) is 44.3 Å². The van der Waals surface area contributed by atoms with Crippen LogP contribution >= 0.6 is 11.8 Å². The molecule has 1 fully saturated rings. The number of pyridine rings is 1. The van der Waals surface area contributed by atoms with Crippen molar-refractivity contribution >= 4 is 24.3 Å². The predicted molar refractivity (Wildman–Crippen MR) is 117 cm³/mol. The van der Waals surface area contributed by atoms with Gasteiger partial charge in [0.05, 0.1) is 4.91 Å². The Bertz CT molecular complexity index is 780. The number of rotatable bonds is 10. The summed E-state index contributed by atoms with van der Waals surface area (Å²) >= 11 is 0.825. The van der Waals surface area contributed by atoms with E-state index in [0.29, 0.717) is 11.4 Å². The molecular formula is C20H29F3N6S. The monoisotopic (exact) mass is 442 g/mol. The number of amidine groups is 1. The molecular weight excluding hydrogens is 413 g/mol. The van der Waals surface area contributed by atoms with Crippen molar-refractivity contribution in [3.05, 3.63) is 35.1 Å². The second-order valence-electron chi connectivity index (χ2n) is 7.36. The lowest BCUT2D eigenvalue weighted by Gasteiger charge is -2.33. The highest BCUT2D eigenvalue weighted by Gasteiger charge is 2.39. The maximum absolute atomic E-state index is 13.2. The van der Waals surface area contributed by atoms with Crippen LogP contribution in [-0.4, -0.2) is 43.7 Å². The van der Waals surface area contributed by atoms with Crippen LogP contribution in [0.25, 0.3) is 0 Å². The minimum Gasteiger partial charge on any atom is -0.383 e. The summed E-state index contributed by atoms with van der Waals surface area (Å²) in [7, 11) is 1.91. The summed E-state index contributed by atoms with van der Waals surface area (Å²) < 4.78 is 39.7. The summed E-state index contributed by atoms with van der Waals surface area (Å²) in [5, 5.41) is 3.17. The van der Waals surface area contributed by atoms with E-state index in [1.54, 1.807) is 0 Å². The van der Waals surface area contributed by atoms with Gasteiger partial charge in [-0.25, -0.2) is 0 Å². The Morgan fingerprint density at radius 2 is 2.23 bits per heavy atom. The molecule has 1 aromatic rings. The minimum atomic E-state index is -4.57. The summed E-state index contributed by atoms with van der Waals surface area (Å²) in [5.74, 6) is 0.125. The van der Waals surface area contributed by atoms with Gasteiger partial charge < -0.3 is 16.8 Å². The van der Waals surface area contributed by atoms with Crippen LogP contribution in [0, 0.1) is 5.41 Å². The van der Waals surface area contributed by atoms with Gasteiger partial charge in [0, 0.05) is 29.9 Å². The fourth-order valence-corrected chi connectivity index (χ4v) is 4.74. The number of aliphatic imine (C=N–C) groups is 2. The standard InChI is InChI=1S/C20H29F3N6S/c1-26-11-8-19(7-3-6-16(19)24)9-12-29-18(25)15(13-27-2)30-14-5-4-10-28-17(14)20(21,22)23/h4-5,10,13,16,26H,2-3,6-9,11-12,24H2,1H3,(H2,25,29)/b15-13+. The molecule has 10 heteroatoms. The topological polar surface area (TPSA) is 102 Å². The van der Waals surface area contributed by atoms with E-state index in [0.717, 1.165) is 56.6 Å². The highest BCUT2D eigenvalue weighted by Crippen LogP contribution is 2.43. The molecule has 2 rings (SSSR count). The van der Waals surface area contributed by atoms with E-state index < -0.39 is 11.9 Å². The van der Waals surface area contributed by atoms with E-state index in [1.165, 1.54) is 18.3 Å². The molecule has 0 aromatic carbocycles. The fourth-order valence-electron chi connectivity index (χ4n) is 3.79. The molecule has 0 bridgehead atoms. The highest BCUT2D eigenvalue weighted by molar-refractivity contribution is 8.04. The first-order valence-electron chi connectivity index (χ1n) is 9.80. The van der Waals surface area contributed by atoms with Crippen molar-refractivity contribution in [1.29, 1.82) is 0 Å². The number of thioether (sulfide) groups is 1. The third-order valence-electron chi connectivity index (χ3n) is 5.46. The number of nitrogens with one attached hydrogen (secondary N) is 1. The Morgan fingerprint density at radius 1 is 1.47 bits per heavy atom. The van der Waals surface area contributed by atoms with Crippen LogP contribution < -0.4 is 16.8 Å². The van der Waals surface area contributed by atoms with Crippen molar-refractivity contribution in [3.63, 3.8) is 0 Å². The van der Waals surface area contributed by atoms with Crippen molar-refractivity contribution in [2.45, 2.75) is 49.2 Å². The molecule has 1 aliphatic rings. The number of alkyl halides is 3. The van der Waals surface area contributed by atoms with Crippen molar-refractivity contribution in [2.24, 2.45) is 26.9 Å². The molecule has 1 heterocycles. The third kappa shape index (κ3) is 6.29. The van der Waals surface area contributed by atoms with Gasteiger partial charge in [0.25, 0.3) is 0 Å². The van der Waals surface area contributed by atoms with E-state index in [2.05, 4.69) is 27.0 Å². The molecule has 30 heavy (non-hydrogen) atoms. The van der Waals surface area contributed by atoms with Gasteiger partial charge in [0.15, 0.2) is 5.69 Å². The summed E-state index contributed by atoms with van der Waals surface area (Å²) in [6, 6.07) is 2.90. The van der Waals surface area contributed by atoms with Gasteiger partial charge in [0.2, 0.25) is 0 Å². The minimum absolute atomic E-state index is 0.00724. The van der Waals surface area contributed by atoms with E-state index in [-0.39, 0.29) is 22.2 Å². The third-order valence-corrected chi connectivity index (χ3v) is 6.55. The highest BCUT2D eigenvalue weighted by atomic mass is 32.2. The lowest BCUT2D eigenvalue weighted by molar-refractivity contribution is -0.143. The molecule has 0 aliphatic heterocycles. The Kier molecular flexibility index (Phi) is 8.87. The number of hydrogen-bond acceptors (Lipinski definition) is 6. The second kappa shape index (κ2) is 10.9.